The number of aliphatic carboxylic acids is 1. The van der Waals surface area contributed by atoms with Gasteiger partial charge in [-0.15, -0.1) is 0 Å². The summed E-state index contributed by atoms with van der Waals surface area (Å²) in [4.78, 5) is 22.1. The van der Waals surface area contributed by atoms with Crippen LogP contribution in [-0.4, -0.2) is 42.8 Å². The van der Waals surface area contributed by atoms with Crippen molar-refractivity contribution < 1.29 is 27.5 Å². The molecule has 0 saturated carbocycles. The fourth-order valence-electron chi connectivity index (χ4n) is 2.40. The Kier molecular flexibility index (Phi) is 4.45. The summed E-state index contributed by atoms with van der Waals surface area (Å²) < 4.78 is 39.9. The summed E-state index contributed by atoms with van der Waals surface area (Å²) in [7, 11) is -3.97. The van der Waals surface area contributed by atoms with Crippen LogP contribution in [0.25, 0.3) is 0 Å². The molecule has 1 aromatic carbocycles. The molecule has 2 rings (SSSR count). The van der Waals surface area contributed by atoms with Crippen molar-refractivity contribution in [1.29, 1.82) is 0 Å². The van der Waals surface area contributed by atoms with Gasteiger partial charge in [-0.25, -0.2) is 12.8 Å². The zero-order valence-corrected chi connectivity index (χ0v) is 13.5. The van der Waals surface area contributed by atoms with Gasteiger partial charge < -0.3 is 10.4 Å². The zero-order valence-electron chi connectivity index (χ0n) is 12.7. The highest BCUT2D eigenvalue weighted by atomic mass is 32.2. The Bertz CT molecular complexity index is 764. The van der Waals surface area contributed by atoms with E-state index in [0.717, 1.165) is 22.5 Å². The van der Waals surface area contributed by atoms with Gasteiger partial charge in [-0.05, 0) is 31.5 Å². The first-order valence-corrected chi connectivity index (χ1v) is 8.31. The van der Waals surface area contributed by atoms with Gasteiger partial charge in [0, 0.05) is 20.0 Å². The van der Waals surface area contributed by atoms with Crippen molar-refractivity contribution in [3.63, 3.8) is 0 Å². The molecule has 1 aliphatic rings. The van der Waals surface area contributed by atoms with Crippen LogP contribution in [0.15, 0.2) is 23.1 Å². The minimum absolute atomic E-state index is 0.0674. The number of benzene rings is 1. The van der Waals surface area contributed by atoms with E-state index in [1.165, 1.54) is 13.8 Å². The van der Waals surface area contributed by atoms with Crippen LogP contribution in [-0.2, 0) is 19.6 Å². The van der Waals surface area contributed by atoms with Gasteiger partial charge >= 0.3 is 5.97 Å². The number of carboxylic acid groups (broad SMARTS) is 1. The molecule has 23 heavy (non-hydrogen) atoms. The van der Waals surface area contributed by atoms with Gasteiger partial charge in [0.15, 0.2) is 0 Å². The Balaban J connectivity index is 2.34. The van der Waals surface area contributed by atoms with Crippen LogP contribution in [0, 0.1) is 11.2 Å². The molecule has 9 heteroatoms. The maximum atomic E-state index is 13.6. The molecule has 0 aromatic heterocycles. The Hall–Kier alpha value is -2.00. The number of carboxylic acids is 1. The number of halogens is 1. The van der Waals surface area contributed by atoms with Crippen LogP contribution in [0.4, 0.5) is 10.1 Å². The van der Waals surface area contributed by atoms with Gasteiger partial charge in [-0.3, -0.25) is 9.59 Å². The Labute approximate surface area is 133 Å². The van der Waals surface area contributed by atoms with Crippen LogP contribution < -0.4 is 5.32 Å². The lowest BCUT2D eigenvalue weighted by Crippen LogP contribution is -2.34. The van der Waals surface area contributed by atoms with E-state index in [0.29, 0.717) is 0 Å². The van der Waals surface area contributed by atoms with Crippen molar-refractivity contribution in [3.05, 3.63) is 24.0 Å². The predicted octanol–water partition coefficient (Wildman–Crippen LogP) is 1.27. The molecule has 1 atom stereocenters. The zero-order chi connectivity index (χ0) is 17.4. The summed E-state index contributed by atoms with van der Waals surface area (Å²) in [5.41, 5.74) is -1.38. The number of hydrogen-bond acceptors (Lipinski definition) is 4. The lowest BCUT2D eigenvalue weighted by atomic mass is 9.90. The third kappa shape index (κ3) is 3.35. The van der Waals surface area contributed by atoms with Gasteiger partial charge in [0.25, 0.3) is 0 Å². The van der Waals surface area contributed by atoms with E-state index >= 15 is 0 Å². The van der Waals surface area contributed by atoms with Crippen LogP contribution in [0.3, 0.4) is 0 Å². The van der Waals surface area contributed by atoms with Crippen LogP contribution in [0.2, 0.25) is 0 Å². The van der Waals surface area contributed by atoms with Crippen molar-refractivity contribution >= 4 is 27.6 Å². The van der Waals surface area contributed by atoms with Gasteiger partial charge in [0.2, 0.25) is 15.9 Å². The number of nitrogens with zero attached hydrogens (tertiary/aromatic N) is 1. The number of rotatable bonds is 4. The number of anilines is 1. The summed E-state index contributed by atoms with van der Waals surface area (Å²) in [5.74, 6) is -2.35. The van der Waals surface area contributed by atoms with E-state index in [1.807, 2.05) is 0 Å². The first-order valence-electron chi connectivity index (χ1n) is 6.87. The van der Waals surface area contributed by atoms with Crippen LogP contribution in [0.5, 0.6) is 0 Å². The monoisotopic (exact) mass is 344 g/mol. The lowest BCUT2D eigenvalue weighted by molar-refractivity contribution is -0.146. The summed E-state index contributed by atoms with van der Waals surface area (Å²) in [5, 5.41) is 11.4. The second-order valence-corrected chi connectivity index (χ2v) is 7.72. The summed E-state index contributed by atoms with van der Waals surface area (Å²) in [6.45, 7) is 2.58. The molecule has 2 N–H and O–H groups in total. The predicted molar refractivity (Wildman–Crippen MR) is 79.8 cm³/mol. The minimum Gasteiger partial charge on any atom is -0.481 e. The van der Waals surface area contributed by atoms with E-state index in [1.54, 1.807) is 0 Å². The molecule has 1 fully saturated rings. The average molecular weight is 344 g/mol. The van der Waals surface area contributed by atoms with Crippen molar-refractivity contribution in [2.24, 2.45) is 5.41 Å². The second-order valence-electron chi connectivity index (χ2n) is 5.78. The summed E-state index contributed by atoms with van der Waals surface area (Å²) in [6.07, 6.45) is 0.196. The minimum atomic E-state index is -3.97. The van der Waals surface area contributed by atoms with E-state index in [-0.39, 0.29) is 30.1 Å². The largest absolute Gasteiger partial charge is 0.481 e. The SMILES string of the molecule is CC(=O)Nc1cc(S(=O)(=O)N2CCC(C)(C(=O)O)C2)ccc1F. The first kappa shape index (κ1) is 17.4. The van der Waals surface area contributed by atoms with Gasteiger partial charge in [-0.2, -0.15) is 4.31 Å². The fourth-order valence-corrected chi connectivity index (χ4v) is 3.99. The molecular formula is C14H17FN2O5S. The molecule has 0 bridgehead atoms. The first-order chi connectivity index (χ1) is 10.6. The molecule has 1 aliphatic heterocycles. The number of carbonyl (C=O) groups is 2. The van der Waals surface area contributed by atoms with Gasteiger partial charge in [0.1, 0.15) is 5.82 Å². The number of nitrogens with one attached hydrogen (secondary N) is 1. The number of carbonyl (C=O) groups excluding carboxylic acids is 1. The van der Waals surface area contributed by atoms with Gasteiger partial charge in [0.05, 0.1) is 16.0 Å². The van der Waals surface area contributed by atoms with Crippen molar-refractivity contribution in [2.75, 3.05) is 18.4 Å². The molecule has 7 nitrogen and oxygen atoms in total. The molecule has 0 radical (unpaired) electrons. The van der Waals surface area contributed by atoms with Crippen molar-refractivity contribution in [2.45, 2.75) is 25.2 Å². The van der Waals surface area contributed by atoms with Gasteiger partial charge in [-0.1, -0.05) is 0 Å². The topological polar surface area (TPSA) is 104 Å². The van der Waals surface area contributed by atoms with E-state index < -0.39 is 33.1 Å². The fraction of sp³-hybridized carbons (Fsp3) is 0.429. The molecule has 1 heterocycles. The highest BCUT2D eigenvalue weighted by molar-refractivity contribution is 7.89. The molecule has 126 valence electrons. The van der Waals surface area contributed by atoms with E-state index in [2.05, 4.69) is 5.32 Å². The normalized spacial score (nSPS) is 22.0. The summed E-state index contributed by atoms with van der Waals surface area (Å²) in [6, 6.07) is 3.07. The lowest BCUT2D eigenvalue weighted by Gasteiger charge is -2.20. The number of amides is 1. The maximum absolute atomic E-state index is 13.6. The molecule has 1 unspecified atom stereocenters. The number of hydrogen-bond donors (Lipinski definition) is 2. The van der Waals surface area contributed by atoms with Crippen molar-refractivity contribution in [1.82, 2.24) is 4.31 Å². The molecular weight excluding hydrogens is 327 g/mol. The molecule has 1 saturated heterocycles. The highest BCUT2D eigenvalue weighted by Crippen LogP contribution is 2.34. The van der Waals surface area contributed by atoms with E-state index in [4.69, 9.17) is 0 Å². The molecule has 1 aromatic rings. The average Bonchev–Trinajstić information content (AvgIpc) is 2.85. The standard InChI is InChI=1S/C14H17FN2O5S/c1-9(18)16-12-7-10(3-4-11(12)15)23(21,22)17-6-5-14(2,8-17)13(19)20/h3-4,7H,5-6,8H2,1-2H3,(H,16,18)(H,19,20). The second kappa shape index (κ2) is 5.89. The highest BCUT2D eigenvalue weighted by Gasteiger charge is 2.44. The molecule has 0 aliphatic carbocycles. The Morgan fingerprint density at radius 2 is 2.04 bits per heavy atom. The molecule has 1 amide bonds. The smallest absolute Gasteiger partial charge is 0.310 e. The van der Waals surface area contributed by atoms with Crippen LogP contribution in [0.1, 0.15) is 20.3 Å². The third-order valence-corrected chi connectivity index (χ3v) is 5.68. The Morgan fingerprint density at radius 1 is 1.39 bits per heavy atom. The molecule has 0 spiro atoms. The number of sulfonamides is 1. The van der Waals surface area contributed by atoms with Crippen LogP contribution >= 0.6 is 0 Å². The quantitative estimate of drug-likeness (QED) is 0.856. The maximum Gasteiger partial charge on any atom is 0.310 e. The van der Waals surface area contributed by atoms with E-state index in [9.17, 15) is 27.5 Å². The summed E-state index contributed by atoms with van der Waals surface area (Å²) >= 11 is 0. The third-order valence-electron chi connectivity index (χ3n) is 3.84. The van der Waals surface area contributed by atoms with Crippen molar-refractivity contribution in [3.8, 4) is 0 Å². The Morgan fingerprint density at radius 3 is 2.57 bits per heavy atom.